The molecule has 3 nitrogen and oxygen atoms in total. The topological polar surface area (TPSA) is 45.8 Å². The van der Waals surface area contributed by atoms with E-state index in [0.717, 1.165) is 12.3 Å². The monoisotopic (exact) mass is 242 g/mol. The van der Waals surface area contributed by atoms with Crippen molar-refractivity contribution in [2.24, 2.45) is 0 Å². The fourth-order valence-electron chi connectivity index (χ4n) is 1.24. The van der Waals surface area contributed by atoms with Crippen molar-refractivity contribution in [1.29, 1.82) is 0 Å². The lowest BCUT2D eigenvalue weighted by molar-refractivity contribution is 0.614. The molecule has 0 fully saturated rings. The van der Waals surface area contributed by atoms with E-state index >= 15 is 0 Å². The first-order valence-corrected chi connectivity index (χ1v) is 4.66. The maximum Gasteiger partial charge on any atom is 0.345 e. The van der Waals surface area contributed by atoms with Crippen LogP contribution in [-0.4, -0.2) is 9.97 Å². The molecule has 82 valence electrons. The Hall–Kier alpha value is -1.75. The van der Waals surface area contributed by atoms with Crippen LogP contribution in [0.2, 0.25) is 5.02 Å². The van der Waals surface area contributed by atoms with Crippen LogP contribution in [0.25, 0.3) is 11.3 Å². The summed E-state index contributed by atoms with van der Waals surface area (Å²) in [5.41, 5.74) is -0.470. The molecule has 0 aliphatic carbocycles. The third-order valence-corrected chi connectivity index (χ3v) is 2.26. The number of benzene rings is 1. The Morgan fingerprint density at radius 2 is 2.00 bits per heavy atom. The summed E-state index contributed by atoms with van der Waals surface area (Å²) in [6, 6.07) is 3.64. The lowest BCUT2D eigenvalue weighted by Gasteiger charge is -2.03. The van der Waals surface area contributed by atoms with Crippen LogP contribution >= 0.6 is 11.6 Å². The second-order valence-electron chi connectivity index (χ2n) is 3.04. The van der Waals surface area contributed by atoms with E-state index in [1.54, 1.807) is 0 Å². The van der Waals surface area contributed by atoms with E-state index in [1.165, 1.54) is 12.1 Å². The fourth-order valence-corrected chi connectivity index (χ4v) is 1.42. The molecule has 0 unspecified atom stereocenters. The Bertz CT molecular complexity index is 598. The molecule has 1 N–H and O–H groups in total. The summed E-state index contributed by atoms with van der Waals surface area (Å²) in [4.78, 5) is 16.4. The van der Waals surface area contributed by atoms with E-state index in [0.29, 0.717) is 0 Å². The van der Waals surface area contributed by atoms with Crippen LogP contribution in [0, 0.1) is 11.6 Å². The van der Waals surface area contributed by atoms with Crippen molar-refractivity contribution in [2.75, 3.05) is 0 Å². The highest BCUT2D eigenvalue weighted by molar-refractivity contribution is 6.31. The van der Waals surface area contributed by atoms with Crippen LogP contribution in [0.15, 0.2) is 29.2 Å². The molecule has 16 heavy (non-hydrogen) atoms. The van der Waals surface area contributed by atoms with E-state index in [-0.39, 0.29) is 16.3 Å². The molecule has 1 heterocycles. The zero-order chi connectivity index (χ0) is 11.7. The van der Waals surface area contributed by atoms with Crippen LogP contribution in [0.1, 0.15) is 0 Å². The first-order chi connectivity index (χ1) is 7.58. The smallest absolute Gasteiger partial charge is 0.303 e. The highest BCUT2D eigenvalue weighted by Gasteiger charge is 2.09. The SMILES string of the molecule is O=c1ncc(F)c(-c2ccc(F)c(Cl)c2)[nH]1. The van der Waals surface area contributed by atoms with Crippen LogP contribution in [0.4, 0.5) is 8.78 Å². The molecule has 0 radical (unpaired) electrons. The lowest BCUT2D eigenvalue weighted by Crippen LogP contribution is -2.11. The predicted octanol–water partition coefficient (Wildman–Crippen LogP) is 2.37. The maximum atomic E-state index is 13.3. The number of hydrogen-bond donors (Lipinski definition) is 1. The van der Waals surface area contributed by atoms with Gasteiger partial charge in [0.2, 0.25) is 0 Å². The molecule has 1 aromatic carbocycles. The molecule has 2 rings (SSSR count). The van der Waals surface area contributed by atoms with Crippen molar-refractivity contribution in [2.45, 2.75) is 0 Å². The van der Waals surface area contributed by atoms with Gasteiger partial charge in [-0.15, -0.1) is 0 Å². The largest absolute Gasteiger partial charge is 0.345 e. The summed E-state index contributed by atoms with van der Waals surface area (Å²) in [5.74, 6) is -1.32. The van der Waals surface area contributed by atoms with E-state index in [2.05, 4.69) is 9.97 Å². The molecule has 0 amide bonds. The van der Waals surface area contributed by atoms with E-state index in [4.69, 9.17) is 11.6 Å². The van der Waals surface area contributed by atoms with Gasteiger partial charge in [0.25, 0.3) is 0 Å². The summed E-state index contributed by atoms with van der Waals surface area (Å²) < 4.78 is 26.2. The lowest BCUT2D eigenvalue weighted by atomic mass is 10.1. The highest BCUT2D eigenvalue weighted by atomic mass is 35.5. The number of aromatic nitrogens is 2. The summed E-state index contributed by atoms with van der Waals surface area (Å²) in [5, 5.41) is -0.144. The van der Waals surface area contributed by atoms with E-state index in [9.17, 15) is 13.6 Å². The van der Waals surface area contributed by atoms with Gasteiger partial charge in [0.15, 0.2) is 5.82 Å². The number of nitrogens with one attached hydrogen (secondary N) is 1. The molecule has 0 bridgehead atoms. The van der Waals surface area contributed by atoms with Gasteiger partial charge in [-0.3, -0.25) is 0 Å². The van der Waals surface area contributed by atoms with Gasteiger partial charge in [-0.05, 0) is 18.2 Å². The standard InChI is InChI=1S/C10H5ClF2N2O/c11-6-3-5(1-2-7(6)12)9-8(13)4-14-10(16)15-9/h1-4H,(H,14,15,16). The minimum atomic E-state index is -0.706. The summed E-state index contributed by atoms with van der Waals surface area (Å²) >= 11 is 5.55. The molecule has 0 atom stereocenters. The average Bonchev–Trinajstić information content (AvgIpc) is 2.26. The van der Waals surface area contributed by atoms with Crippen molar-refractivity contribution in [3.8, 4) is 11.3 Å². The summed E-state index contributed by atoms with van der Waals surface area (Å²) in [7, 11) is 0. The van der Waals surface area contributed by atoms with E-state index in [1.807, 2.05) is 0 Å². The Morgan fingerprint density at radius 3 is 2.69 bits per heavy atom. The zero-order valence-corrected chi connectivity index (χ0v) is 8.55. The van der Waals surface area contributed by atoms with Crippen molar-refractivity contribution in [1.82, 2.24) is 9.97 Å². The summed E-state index contributed by atoms with van der Waals surface area (Å²) in [6.07, 6.45) is 0.797. The second kappa shape index (κ2) is 4.02. The van der Waals surface area contributed by atoms with E-state index < -0.39 is 17.3 Å². The van der Waals surface area contributed by atoms with Crippen molar-refractivity contribution >= 4 is 11.6 Å². The minimum Gasteiger partial charge on any atom is -0.303 e. The normalized spacial score (nSPS) is 10.4. The van der Waals surface area contributed by atoms with Crippen molar-refractivity contribution in [3.05, 3.63) is 51.5 Å². The molecular formula is C10H5ClF2N2O. The first kappa shape index (κ1) is 10.8. The summed E-state index contributed by atoms with van der Waals surface area (Å²) in [6.45, 7) is 0. The number of rotatable bonds is 1. The number of halogens is 3. The molecule has 0 aliphatic heterocycles. The average molecular weight is 243 g/mol. The predicted molar refractivity (Wildman–Crippen MR) is 55.2 cm³/mol. The van der Waals surface area contributed by atoms with Crippen LogP contribution in [-0.2, 0) is 0 Å². The van der Waals surface area contributed by atoms with Crippen molar-refractivity contribution in [3.63, 3.8) is 0 Å². The van der Waals surface area contributed by atoms with Crippen molar-refractivity contribution < 1.29 is 8.78 Å². The Morgan fingerprint density at radius 1 is 1.25 bits per heavy atom. The van der Waals surface area contributed by atoms with Crippen LogP contribution in [0.3, 0.4) is 0 Å². The Labute approximate surface area is 93.7 Å². The van der Waals surface area contributed by atoms with Gasteiger partial charge in [-0.1, -0.05) is 11.6 Å². The molecule has 0 aliphatic rings. The number of hydrogen-bond acceptors (Lipinski definition) is 2. The quantitative estimate of drug-likeness (QED) is 0.834. The fraction of sp³-hybridized carbons (Fsp3) is 0. The van der Waals surface area contributed by atoms with Gasteiger partial charge in [0.05, 0.1) is 16.9 Å². The number of H-pyrrole nitrogens is 1. The minimum absolute atomic E-state index is 0.0677. The van der Waals surface area contributed by atoms with Crippen LogP contribution < -0.4 is 5.69 Å². The zero-order valence-electron chi connectivity index (χ0n) is 7.80. The molecule has 0 spiro atoms. The molecule has 0 saturated heterocycles. The highest BCUT2D eigenvalue weighted by Crippen LogP contribution is 2.24. The van der Waals surface area contributed by atoms with Gasteiger partial charge in [-0.25, -0.2) is 13.6 Å². The van der Waals surface area contributed by atoms with Gasteiger partial charge in [0, 0.05) is 5.56 Å². The molecule has 1 aromatic heterocycles. The molecule has 2 aromatic rings. The Kier molecular flexibility index (Phi) is 2.70. The molecule has 0 saturated carbocycles. The van der Waals surface area contributed by atoms with Gasteiger partial charge >= 0.3 is 5.69 Å². The van der Waals surface area contributed by atoms with Gasteiger partial charge in [-0.2, -0.15) is 4.98 Å². The van der Waals surface area contributed by atoms with Gasteiger partial charge in [0.1, 0.15) is 5.82 Å². The number of aromatic amines is 1. The third-order valence-electron chi connectivity index (χ3n) is 1.97. The number of nitrogens with zero attached hydrogens (tertiary/aromatic N) is 1. The molecular weight excluding hydrogens is 238 g/mol. The Balaban J connectivity index is 2.62. The first-order valence-electron chi connectivity index (χ1n) is 4.28. The van der Waals surface area contributed by atoms with Gasteiger partial charge < -0.3 is 4.98 Å². The maximum absolute atomic E-state index is 13.3. The second-order valence-corrected chi connectivity index (χ2v) is 3.45. The molecule has 6 heteroatoms. The third kappa shape index (κ3) is 1.94. The van der Waals surface area contributed by atoms with Crippen LogP contribution in [0.5, 0.6) is 0 Å².